The van der Waals surface area contributed by atoms with Crippen molar-refractivity contribution in [1.29, 1.82) is 0 Å². The molecule has 0 amide bonds. The van der Waals surface area contributed by atoms with Crippen molar-refractivity contribution >= 4 is 28.3 Å². The third-order valence-corrected chi connectivity index (χ3v) is 5.47. The van der Waals surface area contributed by atoms with Crippen LogP contribution in [0.25, 0.3) is 22.0 Å². The van der Waals surface area contributed by atoms with Crippen molar-refractivity contribution in [1.82, 2.24) is 9.66 Å². The molecule has 0 spiro atoms. The van der Waals surface area contributed by atoms with E-state index in [1.54, 1.807) is 4.68 Å². The Labute approximate surface area is 173 Å². The van der Waals surface area contributed by atoms with Crippen molar-refractivity contribution in [3.8, 4) is 11.3 Å². The van der Waals surface area contributed by atoms with Crippen molar-refractivity contribution in [3.05, 3.63) is 83.6 Å². The first kappa shape index (κ1) is 17.9. The van der Waals surface area contributed by atoms with E-state index in [0.29, 0.717) is 5.95 Å². The van der Waals surface area contributed by atoms with Crippen LogP contribution in [0, 0.1) is 0 Å². The van der Waals surface area contributed by atoms with Crippen molar-refractivity contribution in [2.24, 2.45) is 16.0 Å². The molecule has 7 nitrogen and oxygen atoms in total. The van der Waals surface area contributed by atoms with Crippen LogP contribution in [0.5, 0.6) is 0 Å². The van der Waals surface area contributed by atoms with Crippen LogP contribution in [0.15, 0.2) is 77.1 Å². The molecule has 0 atom stereocenters. The molecule has 3 aromatic carbocycles. The number of amidine groups is 1. The highest BCUT2D eigenvalue weighted by molar-refractivity contribution is 6.09. The van der Waals surface area contributed by atoms with E-state index < -0.39 is 0 Å². The molecule has 5 N–H and O–H groups in total. The molecule has 30 heavy (non-hydrogen) atoms. The van der Waals surface area contributed by atoms with Crippen molar-refractivity contribution in [3.63, 3.8) is 0 Å². The molecule has 7 heteroatoms. The van der Waals surface area contributed by atoms with Gasteiger partial charge in [0, 0.05) is 16.7 Å². The van der Waals surface area contributed by atoms with Crippen LogP contribution in [0.4, 0.5) is 5.95 Å². The molecule has 0 aliphatic heterocycles. The summed E-state index contributed by atoms with van der Waals surface area (Å²) in [4.78, 5) is 4.51. The van der Waals surface area contributed by atoms with Crippen LogP contribution in [0.2, 0.25) is 0 Å². The minimum atomic E-state index is 0.105. The number of rotatable bonds is 3. The Balaban J connectivity index is 1.53. The molecular weight excluding hydrogens is 376 g/mol. The van der Waals surface area contributed by atoms with Crippen LogP contribution in [-0.4, -0.2) is 26.4 Å². The zero-order valence-corrected chi connectivity index (χ0v) is 16.2. The summed E-state index contributed by atoms with van der Waals surface area (Å²) in [5, 5.41) is 19.2. The predicted molar refractivity (Wildman–Crippen MR) is 119 cm³/mol. The fraction of sp³-hybridized carbons (Fsp3) is 0.0870. The smallest absolute Gasteiger partial charge is 0.221 e. The third-order valence-electron chi connectivity index (χ3n) is 5.47. The molecule has 0 saturated carbocycles. The zero-order valence-electron chi connectivity index (χ0n) is 16.2. The van der Waals surface area contributed by atoms with Crippen LogP contribution in [0.3, 0.4) is 0 Å². The molecule has 0 fully saturated rings. The number of fused-ring (bicyclic) bond motifs is 2. The largest absolute Gasteiger partial charge is 0.409 e. The van der Waals surface area contributed by atoms with Gasteiger partial charge in [-0.25, -0.2) is 9.66 Å². The highest BCUT2D eigenvalue weighted by Crippen LogP contribution is 2.28. The summed E-state index contributed by atoms with van der Waals surface area (Å²) in [5.41, 5.74) is 17.4. The van der Waals surface area contributed by atoms with E-state index in [1.807, 2.05) is 42.6 Å². The number of aromatic nitrogens is 2. The fourth-order valence-corrected chi connectivity index (χ4v) is 3.99. The number of nitrogens with two attached hydrogens (primary N) is 2. The molecule has 1 aliphatic rings. The van der Waals surface area contributed by atoms with Crippen LogP contribution in [-0.2, 0) is 6.42 Å². The second-order valence-corrected chi connectivity index (χ2v) is 7.25. The molecule has 1 aromatic heterocycles. The second kappa shape index (κ2) is 7.04. The van der Waals surface area contributed by atoms with Gasteiger partial charge >= 0.3 is 0 Å². The molecule has 0 radical (unpaired) electrons. The Hall–Kier alpha value is -4.13. The number of hydrogen-bond donors (Lipinski definition) is 3. The lowest BCUT2D eigenvalue weighted by Gasteiger charge is -2.06. The molecule has 0 bridgehead atoms. The molecule has 1 heterocycles. The maximum atomic E-state index is 9.04. The molecule has 0 unspecified atom stereocenters. The Bertz CT molecular complexity index is 1330. The van der Waals surface area contributed by atoms with Gasteiger partial charge in [0.1, 0.15) is 0 Å². The summed E-state index contributed by atoms with van der Waals surface area (Å²) in [7, 11) is 0. The highest BCUT2D eigenvalue weighted by atomic mass is 16.4. The molecular formula is C23H20N6O. The minimum absolute atomic E-state index is 0.105. The number of nitrogen functional groups attached to an aromatic ring is 1. The number of oxime groups is 1. The van der Waals surface area contributed by atoms with Crippen molar-refractivity contribution in [2.45, 2.75) is 12.8 Å². The van der Waals surface area contributed by atoms with Gasteiger partial charge in [0.05, 0.1) is 17.6 Å². The molecule has 4 aromatic rings. The van der Waals surface area contributed by atoms with Gasteiger partial charge in [-0.3, -0.25) is 0 Å². The number of hydrogen-bond acceptors (Lipinski definition) is 5. The summed E-state index contributed by atoms with van der Waals surface area (Å²) in [5.74, 6) is 0.431. The van der Waals surface area contributed by atoms with Gasteiger partial charge in [0.2, 0.25) is 5.95 Å². The number of anilines is 1. The van der Waals surface area contributed by atoms with Gasteiger partial charge in [-0.15, -0.1) is 0 Å². The van der Waals surface area contributed by atoms with Gasteiger partial charge in [-0.05, 0) is 35.2 Å². The Morgan fingerprint density at radius 2 is 1.83 bits per heavy atom. The zero-order chi connectivity index (χ0) is 20.7. The van der Waals surface area contributed by atoms with Crippen molar-refractivity contribution in [2.75, 3.05) is 5.73 Å². The maximum absolute atomic E-state index is 9.04. The lowest BCUT2D eigenvalue weighted by atomic mass is 10.0. The summed E-state index contributed by atoms with van der Waals surface area (Å²) < 4.78 is 1.62. The molecule has 0 saturated heterocycles. The van der Waals surface area contributed by atoms with Gasteiger partial charge in [0.15, 0.2) is 5.84 Å². The van der Waals surface area contributed by atoms with Crippen LogP contribution < -0.4 is 11.5 Å². The monoisotopic (exact) mass is 396 g/mol. The lowest BCUT2D eigenvalue weighted by Crippen LogP contribution is -2.15. The molecule has 1 aliphatic carbocycles. The van der Waals surface area contributed by atoms with Crippen LogP contribution in [0.1, 0.15) is 23.1 Å². The highest BCUT2D eigenvalue weighted by Gasteiger charge is 2.22. The third kappa shape index (κ3) is 2.97. The Kier molecular flexibility index (Phi) is 4.21. The first-order chi connectivity index (χ1) is 14.6. The SMILES string of the molecule is N/C(=N/O)c1cccc2c1CC/C2=N\n1cc(-c2ccc3ccccc3c2)nc1N. The van der Waals surface area contributed by atoms with E-state index in [9.17, 15) is 0 Å². The van der Waals surface area contributed by atoms with E-state index in [0.717, 1.165) is 51.9 Å². The van der Waals surface area contributed by atoms with Gasteiger partial charge < -0.3 is 16.7 Å². The average Bonchev–Trinajstić information content (AvgIpc) is 3.36. The van der Waals surface area contributed by atoms with E-state index in [-0.39, 0.29) is 5.84 Å². The van der Waals surface area contributed by atoms with Gasteiger partial charge in [0.25, 0.3) is 0 Å². The van der Waals surface area contributed by atoms with E-state index in [4.69, 9.17) is 21.8 Å². The number of nitrogens with zero attached hydrogens (tertiary/aromatic N) is 4. The van der Waals surface area contributed by atoms with Crippen molar-refractivity contribution < 1.29 is 5.21 Å². The molecule has 5 rings (SSSR count). The summed E-state index contributed by atoms with van der Waals surface area (Å²) in [6.07, 6.45) is 3.36. The quantitative estimate of drug-likeness (QED) is 0.212. The summed E-state index contributed by atoms with van der Waals surface area (Å²) in [6.45, 7) is 0. The predicted octanol–water partition coefficient (Wildman–Crippen LogP) is 3.58. The maximum Gasteiger partial charge on any atom is 0.221 e. The average molecular weight is 396 g/mol. The first-order valence-corrected chi connectivity index (χ1v) is 9.66. The van der Waals surface area contributed by atoms with E-state index in [1.165, 1.54) is 5.39 Å². The summed E-state index contributed by atoms with van der Waals surface area (Å²) >= 11 is 0. The van der Waals surface area contributed by atoms with E-state index in [2.05, 4.69) is 34.4 Å². The second-order valence-electron chi connectivity index (χ2n) is 7.25. The topological polar surface area (TPSA) is 115 Å². The first-order valence-electron chi connectivity index (χ1n) is 9.66. The minimum Gasteiger partial charge on any atom is -0.409 e. The number of benzene rings is 3. The fourth-order valence-electron chi connectivity index (χ4n) is 3.99. The normalized spacial score (nSPS) is 15.1. The van der Waals surface area contributed by atoms with Gasteiger partial charge in [-0.2, -0.15) is 5.10 Å². The van der Waals surface area contributed by atoms with Gasteiger partial charge in [-0.1, -0.05) is 59.8 Å². The Morgan fingerprint density at radius 3 is 2.67 bits per heavy atom. The summed E-state index contributed by atoms with van der Waals surface area (Å²) in [6, 6.07) is 20.1. The Morgan fingerprint density at radius 1 is 1.00 bits per heavy atom. The standard InChI is InChI=1S/C23H20N6O/c24-22(28-30)19-7-3-6-18-17(19)10-11-20(18)27-29-13-21(26-23(29)25)16-9-8-14-4-1-2-5-15(14)12-16/h1-9,12-13,30H,10-11H2,(H2,24,28)(H2,25,26)/b27-20+. The number of imidazole rings is 1. The lowest BCUT2D eigenvalue weighted by molar-refractivity contribution is 0.318. The van der Waals surface area contributed by atoms with E-state index >= 15 is 0 Å². The molecule has 148 valence electrons. The van der Waals surface area contributed by atoms with Crippen LogP contribution >= 0.6 is 0 Å².